The number of benzene rings is 2. The van der Waals surface area contributed by atoms with Gasteiger partial charge in [0.05, 0.1) is 29.0 Å². The minimum absolute atomic E-state index is 0.0232. The first kappa shape index (κ1) is 37.3. The Kier molecular flexibility index (Phi) is 11.1. The molecule has 272 valence electrons. The van der Waals surface area contributed by atoms with Gasteiger partial charge in [0.1, 0.15) is 18.4 Å². The molecule has 2 heterocycles. The Bertz CT molecular complexity index is 1880. The van der Waals surface area contributed by atoms with E-state index < -0.39 is 49.2 Å². The third-order valence-electron chi connectivity index (χ3n) is 7.93. The van der Waals surface area contributed by atoms with Crippen LogP contribution in [0.4, 0.5) is 22.0 Å². The largest absolute Gasteiger partial charge is 0.397 e. The molecule has 0 unspecified atom stereocenters. The molecular weight excluding hydrogens is 699 g/mol. The van der Waals surface area contributed by atoms with Gasteiger partial charge >= 0.3 is 6.18 Å². The van der Waals surface area contributed by atoms with Gasteiger partial charge in [-0.2, -0.15) is 33.3 Å². The van der Waals surface area contributed by atoms with Crippen molar-refractivity contribution in [3.8, 4) is 16.9 Å². The van der Waals surface area contributed by atoms with Crippen LogP contribution in [0.15, 0.2) is 60.0 Å². The minimum atomic E-state index is -4.81. The molecule has 2 aromatic heterocycles. The zero-order chi connectivity index (χ0) is 37.1. The predicted octanol–water partition coefficient (Wildman–Crippen LogP) is 6.45. The topological polar surface area (TPSA) is 149 Å². The minimum Gasteiger partial charge on any atom is -0.369 e. The lowest BCUT2D eigenvalue weighted by Crippen LogP contribution is -2.48. The van der Waals surface area contributed by atoms with E-state index in [9.17, 15) is 31.5 Å². The standard InChI is InChI=1S/C33H36ClF5N10O2/c1-32(2,3)12-13-41-31(40)47(30(51)20-6-4-19(5-7-20)24-16-44-49(46-24)22-9-10-22)26(17-42-27(50)15-33(37,38)39)21-8-11-23(34)25(14-21)48-29(28(35)36)43-18-45-48/h4-8,11,14,16,18,22,26,28H,9-10,12-13,15,17H2,1-3H3,(H2,40,41)(H,42,50)/t26-/m1/s1. The van der Waals surface area contributed by atoms with Crippen LogP contribution in [0.3, 0.4) is 0 Å². The van der Waals surface area contributed by atoms with Gasteiger partial charge in [-0.05, 0) is 54.5 Å². The summed E-state index contributed by atoms with van der Waals surface area (Å²) in [6, 6.07) is 9.43. The molecule has 0 radical (unpaired) electrons. The van der Waals surface area contributed by atoms with E-state index >= 15 is 0 Å². The molecule has 2 aromatic carbocycles. The molecule has 18 heteroatoms. The highest BCUT2D eigenvalue weighted by atomic mass is 35.5. The number of nitrogens with one attached hydrogen (secondary N) is 1. The normalized spacial score (nSPS) is 14.5. The van der Waals surface area contributed by atoms with E-state index in [0.29, 0.717) is 17.7 Å². The highest BCUT2D eigenvalue weighted by Crippen LogP contribution is 2.34. The maximum atomic E-state index is 14.4. The van der Waals surface area contributed by atoms with Crippen molar-refractivity contribution in [2.45, 2.75) is 71.1 Å². The van der Waals surface area contributed by atoms with Crippen molar-refractivity contribution >= 4 is 29.4 Å². The third kappa shape index (κ3) is 9.65. The van der Waals surface area contributed by atoms with E-state index in [0.717, 1.165) is 28.8 Å². The smallest absolute Gasteiger partial charge is 0.369 e. The van der Waals surface area contributed by atoms with Crippen molar-refractivity contribution in [2.24, 2.45) is 16.1 Å². The second-order valence-corrected chi connectivity index (χ2v) is 13.6. The van der Waals surface area contributed by atoms with E-state index in [-0.39, 0.29) is 45.8 Å². The summed E-state index contributed by atoms with van der Waals surface area (Å²) in [5, 5.41) is 14.9. The van der Waals surface area contributed by atoms with Gasteiger partial charge in [0.2, 0.25) is 5.91 Å². The predicted molar refractivity (Wildman–Crippen MR) is 178 cm³/mol. The van der Waals surface area contributed by atoms with Crippen LogP contribution in [0.25, 0.3) is 16.9 Å². The molecule has 1 aliphatic carbocycles. The number of nitrogens with zero attached hydrogens (tertiary/aromatic N) is 8. The van der Waals surface area contributed by atoms with Gasteiger partial charge in [-0.1, -0.05) is 50.6 Å². The van der Waals surface area contributed by atoms with Gasteiger partial charge < -0.3 is 11.1 Å². The summed E-state index contributed by atoms with van der Waals surface area (Å²) in [4.78, 5) is 37.5. The zero-order valence-electron chi connectivity index (χ0n) is 27.9. The fourth-order valence-corrected chi connectivity index (χ4v) is 5.29. The van der Waals surface area contributed by atoms with E-state index in [1.165, 1.54) is 30.3 Å². The van der Waals surface area contributed by atoms with Crippen molar-refractivity contribution < 1.29 is 31.5 Å². The Morgan fingerprint density at radius 1 is 1.10 bits per heavy atom. The number of rotatable bonds is 12. The second kappa shape index (κ2) is 15.1. The van der Waals surface area contributed by atoms with Crippen molar-refractivity contribution in [3.63, 3.8) is 0 Å². The number of halogens is 6. The Labute approximate surface area is 294 Å². The van der Waals surface area contributed by atoms with Crippen LogP contribution in [-0.4, -0.2) is 71.7 Å². The van der Waals surface area contributed by atoms with E-state index in [1.54, 1.807) is 23.1 Å². The average Bonchev–Trinajstić information content (AvgIpc) is 3.56. The summed E-state index contributed by atoms with van der Waals surface area (Å²) in [6.07, 6.45) is -4.54. The van der Waals surface area contributed by atoms with Crippen molar-refractivity contribution in [1.82, 2.24) is 40.0 Å². The number of carbonyl (C=O) groups excluding carboxylic acids is 2. The summed E-state index contributed by atoms with van der Waals surface area (Å²) in [7, 11) is 0. The molecule has 51 heavy (non-hydrogen) atoms. The summed E-state index contributed by atoms with van der Waals surface area (Å²) < 4.78 is 67.7. The van der Waals surface area contributed by atoms with Crippen LogP contribution in [0, 0.1) is 5.41 Å². The summed E-state index contributed by atoms with van der Waals surface area (Å²) in [5.74, 6) is -3.09. The fraction of sp³-hybridized carbons (Fsp3) is 0.424. The van der Waals surface area contributed by atoms with Crippen LogP contribution in [-0.2, 0) is 4.79 Å². The quantitative estimate of drug-likeness (QED) is 0.0965. The van der Waals surface area contributed by atoms with Crippen LogP contribution in [0.5, 0.6) is 0 Å². The van der Waals surface area contributed by atoms with Gasteiger partial charge in [-0.15, -0.1) is 0 Å². The Balaban J connectivity index is 1.57. The lowest BCUT2D eigenvalue weighted by molar-refractivity contribution is -0.153. The summed E-state index contributed by atoms with van der Waals surface area (Å²) >= 11 is 6.40. The van der Waals surface area contributed by atoms with Crippen molar-refractivity contribution in [1.29, 1.82) is 0 Å². The van der Waals surface area contributed by atoms with E-state index in [1.807, 2.05) is 20.8 Å². The first-order chi connectivity index (χ1) is 24.0. The molecule has 1 aliphatic rings. The molecular formula is C33H36ClF5N10O2. The lowest BCUT2D eigenvalue weighted by atomic mass is 9.92. The van der Waals surface area contributed by atoms with E-state index in [2.05, 4.69) is 30.6 Å². The summed E-state index contributed by atoms with van der Waals surface area (Å²) in [5.41, 5.74) is 7.84. The number of nitrogens with two attached hydrogens (primary N) is 1. The summed E-state index contributed by atoms with van der Waals surface area (Å²) in [6.45, 7) is 5.57. The zero-order valence-corrected chi connectivity index (χ0v) is 28.7. The molecule has 0 bridgehead atoms. The number of aliphatic imine (C=N–C) groups is 1. The highest BCUT2D eigenvalue weighted by molar-refractivity contribution is 6.32. The van der Waals surface area contributed by atoms with Gasteiger partial charge in [-0.3, -0.25) is 19.5 Å². The van der Waals surface area contributed by atoms with Gasteiger partial charge in [0, 0.05) is 24.2 Å². The molecule has 1 fully saturated rings. The van der Waals surface area contributed by atoms with Crippen LogP contribution < -0.4 is 11.1 Å². The number of hydrogen-bond donors (Lipinski definition) is 2. The van der Waals surface area contributed by atoms with Gasteiger partial charge in [0.15, 0.2) is 11.8 Å². The maximum absolute atomic E-state index is 14.4. The number of guanidine groups is 1. The van der Waals surface area contributed by atoms with Gasteiger partial charge in [-0.25, -0.2) is 18.4 Å². The number of alkyl halides is 5. The first-order valence-corrected chi connectivity index (χ1v) is 16.4. The van der Waals surface area contributed by atoms with E-state index in [4.69, 9.17) is 17.3 Å². The molecule has 3 N–H and O–H groups in total. The highest BCUT2D eigenvalue weighted by Gasteiger charge is 2.34. The first-order valence-electron chi connectivity index (χ1n) is 16.0. The lowest BCUT2D eigenvalue weighted by Gasteiger charge is -2.32. The molecule has 0 aliphatic heterocycles. The average molecular weight is 735 g/mol. The molecule has 2 amide bonds. The van der Waals surface area contributed by atoms with Crippen molar-refractivity contribution in [2.75, 3.05) is 13.1 Å². The SMILES string of the molecule is CC(C)(C)CCN=C(N)N(C(=O)c1ccc(-c2cnn(C3CC3)n2)cc1)[C@H](CNC(=O)CC(F)(F)F)c1ccc(Cl)c(-n2ncnc2C(F)F)c1. The molecule has 12 nitrogen and oxygen atoms in total. The molecule has 1 saturated carbocycles. The Hall–Kier alpha value is -4.93. The molecule has 0 spiro atoms. The maximum Gasteiger partial charge on any atom is 0.397 e. The van der Waals surface area contributed by atoms with Crippen LogP contribution >= 0.6 is 11.6 Å². The van der Waals surface area contributed by atoms with Crippen LogP contribution in [0.2, 0.25) is 5.02 Å². The van der Waals surface area contributed by atoms with Crippen LogP contribution in [0.1, 0.15) is 86.7 Å². The fourth-order valence-electron chi connectivity index (χ4n) is 5.10. The number of hydrogen-bond acceptors (Lipinski definition) is 7. The monoisotopic (exact) mass is 734 g/mol. The number of amides is 2. The molecule has 0 saturated heterocycles. The third-order valence-corrected chi connectivity index (χ3v) is 8.25. The number of aromatic nitrogens is 6. The molecule has 4 aromatic rings. The molecule has 5 rings (SSSR count). The Morgan fingerprint density at radius 2 is 1.80 bits per heavy atom. The second-order valence-electron chi connectivity index (χ2n) is 13.2. The number of carbonyl (C=O) groups is 2. The molecule has 1 atom stereocenters. The Morgan fingerprint density at radius 3 is 2.43 bits per heavy atom. The van der Waals surface area contributed by atoms with Gasteiger partial charge in [0.25, 0.3) is 12.3 Å². The van der Waals surface area contributed by atoms with Crippen molar-refractivity contribution in [3.05, 3.63) is 77.0 Å².